The van der Waals surface area contributed by atoms with Crippen molar-refractivity contribution in [1.82, 2.24) is 9.47 Å². The lowest BCUT2D eigenvalue weighted by Gasteiger charge is -2.44. The zero-order valence-corrected chi connectivity index (χ0v) is 24.5. The summed E-state index contributed by atoms with van der Waals surface area (Å²) in [6, 6.07) is 10.7. The number of amides is 1. The standard InChI is InChI=1S/C31H35F4N5O3/c1-19-16-40(17-20(2)38(19)4)28-15-26(32)23(21-5-7-22(8-6-21)39-9-11-43-12-10-39)13-27(28)36-30(42)24-18-37(3)29(41)14-25(24)31(33,34)35/h5-8,13-15,18-20H,9-12,16-17H2,1-4H3,(H,36,42). The molecule has 2 atom stereocenters. The molecule has 230 valence electrons. The first-order valence-corrected chi connectivity index (χ1v) is 14.2. The molecule has 1 amide bonds. The molecule has 5 rings (SSSR count). The van der Waals surface area contributed by atoms with Gasteiger partial charge in [-0.25, -0.2) is 4.39 Å². The fraction of sp³-hybridized carbons (Fsp3) is 0.419. The number of hydrogen-bond acceptors (Lipinski definition) is 6. The molecule has 0 bridgehead atoms. The van der Waals surface area contributed by atoms with Crippen LogP contribution in [0.5, 0.6) is 0 Å². The van der Waals surface area contributed by atoms with E-state index in [-0.39, 0.29) is 23.3 Å². The predicted molar refractivity (Wildman–Crippen MR) is 158 cm³/mol. The van der Waals surface area contributed by atoms with E-state index in [2.05, 4.69) is 15.1 Å². The number of aromatic nitrogens is 1. The van der Waals surface area contributed by atoms with Gasteiger partial charge in [-0.05, 0) is 50.7 Å². The van der Waals surface area contributed by atoms with E-state index in [1.54, 1.807) is 12.1 Å². The monoisotopic (exact) mass is 601 g/mol. The smallest absolute Gasteiger partial charge is 0.378 e. The van der Waals surface area contributed by atoms with Crippen molar-refractivity contribution in [2.24, 2.45) is 7.05 Å². The van der Waals surface area contributed by atoms with Gasteiger partial charge in [0.1, 0.15) is 5.82 Å². The first-order chi connectivity index (χ1) is 20.3. The Morgan fingerprint density at radius 3 is 2.19 bits per heavy atom. The van der Waals surface area contributed by atoms with E-state index in [9.17, 15) is 22.8 Å². The molecule has 2 aromatic carbocycles. The Bertz CT molecular complexity index is 1540. The number of ether oxygens (including phenoxy) is 1. The summed E-state index contributed by atoms with van der Waals surface area (Å²) in [4.78, 5) is 31.7. The maximum Gasteiger partial charge on any atom is 0.417 e. The summed E-state index contributed by atoms with van der Waals surface area (Å²) in [6.45, 7) is 7.82. The maximum atomic E-state index is 15.8. The van der Waals surface area contributed by atoms with Crippen molar-refractivity contribution in [3.63, 3.8) is 0 Å². The number of rotatable bonds is 5. The Hall–Kier alpha value is -3.90. The fourth-order valence-corrected chi connectivity index (χ4v) is 5.66. The van der Waals surface area contributed by atoms with Crippen LogP contribution in [0.3, 0.4) is 0 Å². The van der Waals surface area contributed by atoms with Crippen LogP contribution in [-0.4, -0.2) is 73.9 Å². The van der Waals surface area contributed by atoms with Crippen LogP contribution in [0.2, 0.25) is 0 Å². The SMILES string of the molecule is CC1CN(c2cc(F)c(-c3ccc(N4CCOCC4)cc3)cc2NC(=O)c2cn(C)c(=O)cc2C(F)(F)F)CC(C)N1C. The van der Waals surface area contributed by atoms with E-state index in [4.69, 9.17) is 4.74 Å². The van der Waals surface area contributed by atoms with Crippen LogP contribution in [0.15, 0.2) is 53.5 Å². The van der Waals surface area contributed by atoms with E-state index < -0.39 is 34.6 Å². The fourth-order valence-electron chi connectivity index (χ4n) is 5.66. The van der Waals surface area contributed by atoms with Gasteiger partial charge in [0.2, 0.25) is 0 Å². The molecule has 0 radical (unpaired) electrons. The number of halogens is 4. The first-order valence-electron chi connectivity index (χ1n) is 14.2. The number of nitrogens with zero attached hydrogens (tertiary/aromatic N) is 4. The van der Waals surface area contributed by atoms with Crippen molar-refractivity contribution in [1.29, 1.82) is 0 Å². The average Bonchev–Trinajstić information content (AvgIpc) is 2.97. The molecule has 12 heteroatoms. The Morgan fingerprint density at radius 2 is 1.58 bits per heavy atom. The van der Waals surface area contributed by atoms with E-state index >= 15 is 4.39 Å². The second kappa shape index (κ2) is 12.0. The zero-order chi connectivity index (χ0) is 31.1. The largest absolute Gasteiger partial charge is 0.417 e. The van der Waals surface area contributed by atoms with Crippen molar-refractivity contribution >= 4 is 23.0 Å². The Morgan fingerprint density at radius 1 is 0.953 bits per heavy atom. The van der Waals surface area contributed by atoms with Crippen molar-refractivity contribution in [3.8, 4) is 11.1 Å². The Balaban J connectivity index is 1.56. The van der Waals surface area contributed by atoms with Crippen molar-refractivity contribution < 1.29 is 27.1 Å². The van der Waals surface area contributed by atoms with Gasteiger partial charge in [-0.1, -0.05) is 12.1 Å². The molecular formula is C31H35F4N5O3. The number of benzene rings is 2. The summed E-state index contributed by atoms with van der Waals surface area (Å²) >= 11 is 0. The Kier molecular flexibility index (Phi) is 8.53. The molecule has 2 unspecified atom stereocenters. The second-order valence-corrected chi connectivity index (χ2v) is 11.3. The molecule has 2 aliphatic heterocycles. The molecule has 1 N–H and O–H groups in total. The summed E-state index contributed by atoms with van der Waals surface area (Å²) in [5.74, 6) is -1.58. The van der Waals surface area contributed by atoms with E-state index in [0.29, 0.717) is 43.6 Å². The molecular weight excluding hydrogens is 566 g/mol. The summed E-state index contributed by atoms with van der Waals surface area (Å²) in [7, 11) is 3.27. The molecule has 2 saturated heterocycles. The van der Waals surface area contributed by atoms with Crippen LogP contribution < -0.4 is 20.7 Å². The molecule has 3 heterocycles. The van der Waals surface area contributed by atoms with Crippen LogP contribution in [0.4, 0.5) is 34.6 Å². The van der Waals surface area contributed by atoms with Crippen LogP contribution in [0.1, 0.15) is 29.8 Å². The quantitative estimate of drug-likeness (QED) is 0.423. The molecule has 1 aromatic heterocycles. The van der Waals surface area contributed by atoms with Crippen molar-refractivity contribution in [2.75, 3.05) is 61.6 Å². The van der Waals surface area contributed by atoms with Gasteiger partial charge in [-0.15, -0.1) is 0 Å². The van der Waals surface area contributed by atoms with Crippen LogP contribution in [0, 0.1) is 5.82 Å². The summed E-state index contributed by atoms with van der Waals surface area (Å²) in [6.07, 6.45) is -4.06. The third kappa shape index (κ3) is 6.40. The molecule has 3 aromatic rings. The summed E-state index contributed by atoms with van der Waals surface area (Å²) in [5, 5.41) is 2.63. The Labute approximate surface area is 247 Å². The lowest BCUT2D eigenvalue weighted by Crippen LogP contribution is -2.55. The highest BCUT2D eigenvalue weighted by Crippen LogP contribution is 2.38. The van der Waals surface area contributed by atoms with Gasteiger partial charge in [0.25, 0.3) is 11.5 Å². The lowest BCUT2D eigenvalue weighted by molar-refractivity contribution is -0.138. The number of alkyl halides is 3. The van der Waals surface area contributed by atoms with Gasteiger partial charge in [0.15, 0.2) is 0 Å². The van der Waals surface area contributed by atoms with E-state index in [1.807, 2.05) is 37.9 Å². The average molecular weight is 602 g/mol. The van der Waals surface area contributed by atoms with Gasteiger partial charge in [0, 0.05) is 68.8 Å². The molecule has 2 fully saturated rings. The summed E-state index contributed by atoms with van der Waals surface area (Å²) < 4.78 is 63.7. The number of nitrogens with one attached hydrogen (secondary N) is 1. The van der Waals surface area contributed by atoms with Gasteiger partial charge in [-0.2, -0.15) is 13.2 Å². The molecule has 8 nitrogen and oxygen atoms in total. The number of pyridine rings is 1. The highest BCUT2D eigenvalue weighted by atomic mass is 19.4. The number of likely N-dealkylation sites (N-methyl/N-ethyl adjacent to an activating group) is 1. The van der Waals surface area contributed by atoms with Crippen LogP contribution in [-0.2, 0) is 18.0 Å². The van der Waals surface area contributed by atoms with Crippen LogP contribution in [0.25, 0.3) is 11.1 Å². The van der Waals surface area contributed by atoms with Gasteiger partial charge in [0.05, 0.1) is 35.7 Å². The minimum atomic E-state index is -4.93. The normalized spacial score (nSPS) is 19.9. The zero-order valence-electron chi connectivity index (χ0n) is 24.5. The molecule has 0 saturated carbocycles. The van der Waals surface area contributed by atoms with Crippen LogP contribution >= 0.6 is 0 Å². The minimum Gasteiger partial charge on any atom is -0.378 e. The van der Waals surface area contributed by atoms with E-state index in [1.165, 1.54) is 19.2 Å². The predicted octanol–water partition coefficient (Wildman–Crippen LogP) is 4.83. The molecule has 2 aliphatic rings. The van der Waals surface area contributed by atoms with Gasteiger partial charge >= 0.3 is 6.18 Å². The number of hydrogen-bond donors (Lipinski definition) is 1. The number of carbonyl (C=O) groups excluding carboxylic acids is 1. The maximum absolute atomic E-state index is 15.8. The highest BCUT2D eigenvalue weighted by molar-refractivity contribution is 6.07. The first kappa shape index (κ1) is 30.6. The van der Waals surface area contributed by atoms with Gasteiger partial charge < -0.3 is 24.4 Å². The minimum absolute atomic E-state index is 0.100. The molecule has 0 aliphatic carbocycles. The highest BCUT2D eigenvalue weighted by Gasteiger charge is 2.37. The summed E-state index contributed by atoms with van der Waals surface area (Å²) in [5.41, 5.74) is -0.691. The lowest BCUT2D eigenvalue weighted by atomic mass is 10.0. The second-order valence-electron chi connectivity index (χ2n) is 11.3. The van der Waals surface area contributed by atoms with Crippen molar-refractivity contribution in [3.05, 3.63) is 76.0 Å². The molecule has 43 heavy (non-hydrogen) atoms. The number of aryl methyl sites for hydroxylation is 1. The number of carbonyl (C=O) groups is 1. The van der Waals surface area contributed by atoms with E-state index in [0.717, 1.165) is 29.5 Å². The van der Waals surface area contributed by atoms with Crippen molar-refractivity contribution in [2.45, 2.75) is 32.1 Å². The number of morpholine rings is 1. The van der Waals surface area contributed by atoms with Gasteiger partial charge in [-0.3, -0.25) is 14.5 Å². The molecule has 0 spiro atoms. The topological polar surface area (TPSA) is 70.0 Å². The number of anilines is 3. The third-order valence-electron chi connectivity index (χ3n) is 8.37. The number of piperazine rings is 1. The third-order valence-corrected chi connectivity index (χ3v) is 8.37.